The van der Waals surface area contributed by atoms with Crippen molar-refractivity contribution >= 4 is 32.4 Å². The van der Waals surface area contributed by atoms with Crippen molar-refractivity contribution in [2.45, 2.75) is 31.5 Å². The Morgan fingerprint density at radius 1 is 1.39 bits per heavy atom. The molecule has 7 nitrogen and oxygen atoms in total. The van der Waals surface area contributed by atoms with Crippen LogP contribution in [-0.2, 0) is 14.8 Å². The summed E-state index contributed by atoms with van der Waals surface area (Å²) in [5, 5.41) is 9.82. The number of sulfonamides is 1. The summed E-state index contributed by atoms with van der Waals surface area (Å²) in [5.41, 5.74) is 0. The van der Waals surface area contributed by atoms with Crippen molar-refractivity contribution in [1.29, 1.82) is 0 Å². The van der Waals surface area contributed by atoms with E-state index in [0.29, 0.717) is 13.0 Å². The lowest BCUT2D eigenvalue weighted by Crippen LogP contribution is -2.27. The maximum atomic E-state index is 11.8. The molecular formula is C9H16N4O3S2. The number of carbonyl (C=O) groups excluding carboxylic acids is 1. The van der Waals surface area contributed by atoms with Gasteiger partial charge in [-0.2, -0.15) is 0 Å². The minimum absolute atomic E-state index is 0.144. The van der Waals surface area contributed by atoms with Gasteiger partial charge in [-0.05, 0) is 5.92 Å². The molecule has 0 aliphatic carbocycles. The largest absolute Gasteiger partial charge is 0.301 e. The van der Waals surface area contributed by atoms with E-state index in [1.54, 1.807) is 6.92 Å². The summed E-state index contributed by atoms with van der Waals surface area (Å²) in [4.78, 5) is 11.1. The van der Waals surface area contributed by atoms with Crippen LogP contribution >= 0.6 is 11.3 Å². The molecule has 0 aliphatic heterocycles. The second-order valence-electron chi connectivity index (χ2n) is 4.02. The van der Waals surface area contributed by atoms with Gasteiger partial charge in [0.1, 0.15) is 0 Å². The van der Waals surface area contributed by atoms with Crippen molar-refractivity contribution < 1.29 is 13.2 Å². The molecule has 0 saturated carbocycles. The van der Waals surface area contributed by atoms with E-state index in [2.05, 4.69) is 20.2 Å². The van der Waals surface area contributed by atoms with Crippen LogP contribution < -0.4 is 10.0 Å². The van der Waals surface area contributed by atoms with Gasteiger partial charge in [0.25, 0.3) is 10.0 Å². The molecule has 0 unspecified atom stereocenters. The second-order valence-corrected chi connectivity index (χ2v) is 6.94. The molecule has 0 atom stereocenters. The van der Waals surface area contributed by atoms with E-state index < -0.39 is 10.0 Å². The van der Waals surface area contributed by atoms with Gasteiger partial charge in [0.2, 0.25) is 15.4 Å². The van der Waals surface area contributed by atoms with Crippen LogP contribution in [0.1, 0.15) is 27.2 Å². The normalized spacial score (nSPS) is 11.8. The number of carbonyl (C=O) groups is 1. The molecule has 0 bridgehead atoms. The van der Waals surface area contributed by atoms with E-state index in [9.17, 15) is 13.2 Å². The number of amides is 1. The fourth-order valence-corrected chi connectivity index (χ4v) is 3.09. The van der Waals surface area contributed by atoms with Gasteiger partial charge in [0, 0.05) is 13.0 Å². The average Bonchev–Trinajstić information content (AvgIpc) is 2.75. The van der Waals surface area contributed by atoms with Crippen LogP contribution in [0, 0.1) is 5.92 Å². The Morgan fingerprint density at radius 2 is 2.06 bits per heavy atom. The van der Waals surface area contributed by atoms with Gasteiger partial charge < -0.3 is 5.32 Å². The first-order chi connectivity index (χ1) is 8.35. The summed E-state index contributed by atoms with van der Waals surface area (Å²) < 4.78 is 25.9. The number of nitrogens with zero attached hydrogens (tertiary/aromatic N) is 2. The minimum Gasteiger partial charge on any atom is -0.301 e. The van der Waals surface area contributed by atoms with E-state index in [1.165, 1.54) is 0 Å². The number of hydrogen-bond acceptors (Lipinski definition) is 6. The smallest absolute Gasteiger partial charge is 0.269 e. The first-order valence-corrected chi connectivity index (χ1v) is 7.78. The van der Waals surface area contributed by atoms with Gasteiger partial charge in [0.05, 0.1) is 0 Å². The van der Waals surface area contributed by atoms with Crippen molar-refractivity contribution in [3.63, 3.8) is 0 Å². The molecule has 0 aliphatic rings. The molecule has 18 heavy (non-hydrogen) atoms. The molecule has 1 amide bonds. The van der Waals surface area contributed by atoms with Crippen LogP contribution in [0.3, 0.4) is 0 Å². The molecular weight excluding hydrogens is 276 g/mol. The Kier molecular flexibility index (Phi) is 5.17. The van der Waals surface area contributed by atoms with Crippen LogP contribution in [0.15, 0.2) is 4.34 Å². The molecule has 0 saturated heterocycles. The monoisotopic (exact) mass is 292 g/mol. The van der Waals surface area contributed by atoms with E-state index in [1.807, 2.05) is 13.8 Å². The average molecular weight is 292 g/mol. The number of anilines is 1. The summed E-state index contributed by atoms with van der Waals surface area (Å²) in [6, 6.07) is 0. The Hall–Kier alpha value is -1.06. The first-order valence-electron chi connectivity index (χ1n) is 5.48. The summed E-state index contributed by atoms with van der Waals surface area (Å²) in [6.07, 6.45) is 0.299. The lowest BCUT2D eigenvalue weighted by atomic mass is 10.2. The zero-order valence-corrected chi connectivity index (χ0v) is 12.1. The minimum atomic E-state index is -3.63. The lowest BCUT2D eigenvalue weighted by Gasteiger charge is -2.05. The zero-order chi connectivity index (χ0) is 13.8. The molecule has 1 aromatic rings. The molecule has 1 aromatic heterocycles. The van der Waals surface area contributed by atoms with Crippen molar-refractivity contribution in [1.82, 2.24) is 14.9 Å². The zero-order valence-electron chi connectivity index (χ0n) is 10.4. The van der Waals surface area contributed by atoms with Gasteiger partial charge in [-0.15, -0.1) is 10.2 Å². The van der Waals surface area contributed by atoms with Gasteiger partial charge in [-0.3, -0.25) is 4.79 Å². The fourth-order valence-electron chi connectivity index (χ4n) is 0.915. The third-order valence-electron chi connectivity index (χ3n) is 1.89. The highest BCUT2D eigenvalue weighted by Gasteiger charge is 2.20. The van der Waals surface area contributed by atoms with Gasteiger partial charge in [-0.1, -0.05) is 32.1 Å². The van der Waals surface area contributed by atoms with Gasteiger partial charge in [0.15, 0.2) is 0 Å². The molecule has 2 N–H and O–H groups in total. The molecule has 1 rings (SSSR count). The number of nitrogens with one attached hydrogen (secondary N) is 2. The molecule has 0 aromatic carbocycles. The van der Waals surface area contributed by atoms with E-state index >= 15 is 0 Å². The highest BCUT2D eigenvalue weighted by Crippen LogP contribution is 2.19. The quantitative estimate of drug-likeness (QED) is 0.756. The predicted molar refractivity (Wildman–Crippen MR) is 68.9 cm³/mol. The predicted octanol–water partition coefficient (Wildman–Crippen LogP) is 0.821. The first kappa shape index (κ1) is 15.0. The summed E-state index contributed by atoms with van der Waals surface area (Å²) in [7, 11) is -3.63. The highest BCUT2D eigenvalue weighted by atomic mass is 32.2. The van der Waals surface area contributed by atoms with Crippen LogP contribution in [0.5, 0.6) is 0 Å². The molecule has 1 heterocycles. The van der Waals surface area contributed by atoms with Crippen molar-refractivity contribution in [3.05, 3.63) is 0 Å². The van der Waals surface area contributed by atoms with E-state index in [0.717, 1.165) is 11.3 Å². The molecule has 0 fully saturated rings. The summed E-state index contributed by atoms with van der Waals surface area (Å²) in [5.74, 6) is -0.0304. The van der Waals surface area contributed by atoms with Crippen LogP contribution in [0.2, 0.25) is 0 Å². The SMILES string of the molecule is CCC(=O)Nc1nnc(S(=O)(=O)NCC(C)C)s1. The summed E-state index contributed by atoms with van der Waals surface area (Å²) in [6.45, 7) is 5.82. The fraction of sp³-hybridized carbons (Fsp3) is 0.667. The second kappa shape index (κ2) is 6.21. The highest BCUT2D eigenvalue weighted by molar-refractivity contribution is 7.91. The van der Waals surface area contributed by atoms with Crippen LogP contribution in [0.25, 0.3) is 0 Å². The van der Waals surface area contributed by atoms with Gasteiger partial charge in [-0.25, -0.2) is 13.1 Å². The van der Waals surface area contributed by atoms with Crippen molar-refractivity contribution in [2.75, 3.05) is 11.9 Å². The van der Waals surface area contributed by atoms with E-state index in [-0.39, 0.29) is 21.3 Å². The Balaban J connectivity index is 2.75. The molecule has 0 spiro atoms. The lowest BCUT2D eigenvalue weighted by molar-refractivity contribution is -0.115. The Labute approximate surface area is 110 Å². The van der Waals surface area contributed by atoms with Gasteiger partial charge >= 0.3 is 0 Å². The number of rotatable bonds is 6. The maximum absolute atomic E-state index is 11.8. The maximum Gasteiger partial charge on any atom is 0.269 e. The van der Waals surface area contributed by atoms with Crippen molar-refractivity contribution in [2.24, 2.45) is 5.92 Å². The Bertz CT molecular complexity index is 510. The van der Waals surface area contributed by atoms with Crippen molar-refractivity contribution in [3.8, 4) is 0 Å². The van der Waals surface area contributed by atoms with Crippen LogP contribution in [0.4, 0.5) is 5.13 Å². The molecule has 9 heteroatoms. The third-order valence-corrected chi connectivity index (χ3v) is 4.52. The van der Waals surface area contributed by atoms with E-state index in [4.69, 9.17) is 0 Å². The Morgan fingerprint density at radius 3 is 2.61 bits per heavy atom. The molecule has 0 radical (unpaired) electrons. The number of hydrogen-bond donors (Lipinski definition) is 2. The standard InChI is InChI=1S/C9H16N4O3S2/c1-4-7(14)11-8-12-13-9(17-8)18(15,16)10-5-6(2)3/h6,10H,4-5H2,1-3H3,(H,11,12,14). The molecule has 102 valence electrons. The summed E-state index contributed by atoms with van der Waals surface area (Å²) >= 11 is 0.831. The van der Waals surface area contributed by atoms with Crippen LogP contribution in [-0.4, -0.2) is 31.1 Å². The number of aromatic nitrogens is 2. The topological polar surface area (TPSA) is 101 Å². The third kappa shape index (κ3) is 4.31.